The van der Waals surface area contributed by atoms with Gasteiger partial charge in [-0.05, 0) is 48.7 Å². The molecule has 3 fully saturated rings. The molecular weight excluding hydrogens is 346 g/mol. The second-order valence-electron chi connectivity index (χ2n) is 6.56. The zero-order chi connectivity index (χ0) is 15.7. The van der Waals surface area contributed by atoms with Crippen molar-refractivity contribution in [1.29, 1.82) is 0 Å². The summed E-state index contributed by atoms with van der Waals surface area (Å²) in [5.74, 6) is -0.0109. The zero-order valence-electron chi connectivity index (χ0n) is 12.5. The normalized spacial score (nSPS) is 29.7. The van der Waals surface area contributed by atoms with E-state index in [2.05, 4.69) is 44.5 Å². The van der Waals surface area contributed by atoms with Crippen LogP contribution in [0.3, 0.4) is 0 Å². The summed E-state index contributed by atoms with van der Waals surface area (Å²) in [5, 5.41) is 5.60. The minimum Gasteiger partial charge on any atom is -0.331 e. The van der Waals surface area contributed by atoms with Gasteiger partial charge >= 0.3 is 0 Å². The van der Waals surface area contributed by atoms with Gasteiger partial charge in [0, 0.05) is 12.1 Å². The van der Waals surface area contributed by atoms with E-state index in [1.165, 1.54) is 6.08 Å². The summed E-state index contributed by atoms with van der Waals surface area (Å²) in [4.78, 5) is 22.7. The van der Waals surface area contributed by atoms with Crippen LogP contribution < -0.4 is 0 Å². The monoisotopic (exact) mass is 361 g/mol. The Kier molecular flexibility index (Phi) is 2.62. The molecule has 5 rings (SSSR count). The third kappa shape index (κ3) is 1.54. The first-order valence-corrected chi connectivity index (χ1v) is 8.00. The average Bonchev–Trinajstić information content (AvgIpc) is 3.04. The summed E-state index contributed by atoms with van der Waals surface area (Å²) in [5.41, 5.74) is 1.46. The maximum absolute atomic E-state index is 12.1. The Morgan fingerprint density at radius 3 is 2.86 bits per heavy atom. The van der Waals surface area contributed by atoms with Crippen molar-refractivity contribution in [2.45, 2.75) is 37.8 Å². The highest BCUT2D eigenvalue weighted by Crippen LogP contribution is 2.58. The minimum absolute atomic E-state index is 0.0109. The highest BCUT2D eigenvalue weighted by molar-refractivity contribution is 9.10. The molecule has 0 N–H and O–H groups in total. The first-order valence-electron chi connectivity index (χ1n) is 7.21. The Balaban J connectivity index is 1.84. The van der Waals surface area contributed by atoms with Crippen LogP contribution in [0.5, 0.6) is 0 Å². The molecule has 1 saturated carbocycles. The molecule has 2 bridgehead atoms. The van der Waals surface area contributed by atoms with Crippen LogP contribution in [0, 0.1) is 6.92 Å². The van der Waals surface area contributed by atoms with Gasteiger partial charge in [0.25, 0.3) is 0 Å². The van der Waals surface area contributed by atoms with Gasteiger partial charge in [-0.25, -0.2) is 14.6 Å². The van der Waals surface area contributed by atoms with Gasteiger partial charge in [0.1, 0.15) is 10.9 Å². The Bertz CT molecular complexity index is 821. The molecule has 7 heteroatoms. The lowest BCUT2D eigenvalue weighted by molar-refractivity contribution is -0.129. The SMILES string of the molecule is C=CC(=O)N1CC2(n3nc(Br)c4c(C)ncnc43)CC1(C)C2. The van der Waals surface area contributed by atoms with Crippen LogP contribution in [0.25, 0.3) is 11.0 Å². The van der Waals surface area contributed by atoms with E-state index >= 15 is 0 Å². The number of hydrogen-bond acceptors (Lipinski definition) is 4. The van der Waals surface area contributed by atoms with Crippen LogP contribution >= 0.6 is 15.9 Å². The van der Waals surface area contributed by atoms with E-state index in [4.69, 9.17) is 0 Å². The first-order chi connectivity index (χ1) is 10.4. The fourth-order valence-corrected chi connectivity index (χ4v) is 4.83. The Morgan fingerprint density at radius 1 is 1.45 bits per heavy atom. The zero-order valence-corrected chi connectivity index (χ0v) is 14.1. The molecular formula is C15H16BrN5O. The summed E-state index contributed by atoms with van der Waals surface area (Å²) in [6.45, 7) is 8.34. The Hall–Kier alpha value is -1.76. The quantitative estimate of drug-likeness (QED) is 0.769. The van der Waals surface area contributed by atoms with Gasteiger partial charge in [-0.3, -0.25) is 4.79 Å². The second kappa shape index (κ2) is 4.16. The molecule has 4 heterocycles. The number of fused-ring (bicyclic) bond motifs is 2. The predicted molar refractivity (Wildman–Crippen MR) is 85.3 cm³/mol. The molecule has 0 unspecified atom stereocenters. The van der Waals surface area contributed by atoms with Crippen LogP contribution in [-0.2, 0) is 10.3 Å². The molecule has 0 aromatic carbocycles. The standard InChI is InChI=1S/C15H16BrN5O/c1-4-10(22)20-7-15(5-14(20,3)6-15)21-13-11(12(16)19-21)9(2)17-8-18-13/h4,8H,1,5-7H2,2-3H3. The maximum Gasteiger partial charge on any atom is 0.246 e. The van der Waals surface area contributed by atoms with E-state index in [0.29, 0.717) is 6.54 Å². The Labute approximate surface area is 136 Å². The highest BCUT2D eigenvalue weighted by Gasteiger charge is 2.66. The number of halogens is 1. The van der Waals surface area contributed by atoms with E-state index in [1.54, 1.807) is 6.33 Å². The van der Waals surface area contributed by atoms with E-state index in [1.807, 2.05) is 16.5 Å². The van der Waals surface area contributed by atoms with Gasteiger partial charge in [-0.2, -0.15) is 5.10 Å². The molecule has 2 aromatic rings. The van der Waals surface area contributed by atoms with Crippen molar-refractivity contribution in [2.75, 3.05) is 6.54 Å². The van der Waals surface area contributed by atoms with Crippen LogP contribution in [0.2, 0.25) is 0 Å². The second-order valence-corrected chi connectivity index (χ2v) is 7.31. The third-order valence-electron chi connectivity index (χ3n) is 5.03. The molecule has 2 saturated heterocycles. The molecule has 0 atom stereocenters. The van der Waals surface area contributed by atoms with Gasteiger partial charge in [-0.15, -0.1) is 0 Å². The number of carbonyl (C=O) groups is 1. The number of aromatic nitrogens is 4. The topological polar surface area (TPSA) is 63.9 Å². The summed E-state index contributed by atoms with van der Waals surface area (Å²) < 4.78 is 2.75. The van der Waals surface area contributed by atoms with Crippen molar-refractivity contribution in [3.05, 3.63) is 29.3 Å². The molecule has 3 aliphatic rings. The molecule has 1 amide bonds. The van der Waals surface area contributed by atoms with Gasteiger partial charge in [-0.1, -0.05) is 6.58 Å². The van der Waals surface area contributed by atoms with Gasteiger partial charge < -0.3 is 4.90 Å². The summed E-state index contributed by atoms with van der Waals surface area (Å²) in [6.07, 6.45) is 4.75. The minimum atomic E-state index is -0.168. The smallest absolute Gasteiger partial charge is 0.246 e. The number of nitrogens with zero attached hydrogens (tertiary/aromatic N) is 5. The van der Waals surface area contributed by atoms with Crippen LogP contribution in [0.4, 0.5) is 0 Å². The third-order valence-corrected chi connectivity index (χ3v) is 5.58. The molecule has 114 valence electrons. The van der Waals surface area contributed by atoms with Crippen molar-refractivity contribution in [3.8, 4) is 0 Å². The van der Waals surface area contributed by atoms with Crippen molar-refractivity contribution in [2.24, 2.45) is 0 Å². The fraction of sp³-hybridized carbons (Fsp3) is 0.467. The lowest BCUT2D eigenvalue weighted by atomic mass is 9.68. The molecule has 0 radical (unpaired) electrons. The molecule has 2 aliphatic heterocycles. The predicted octanol–water partition coefficient (Wildman–Crippen LogP) is 2.17. The number of aryl methyl sites for hydroxylation is 1. The molecule has 1 aliphatic carbocycles. The fourth-order valence-electron chi connectivity index (χ4n) is 4.20. The number of carbonyl (C=O) groups excluding carboxylic acids is 1. The summed E-state index contributed by atoms with van der Waals surface area (Å²) in [7, 11) is 0. The largest absolute Gasteiger partial charge is 0.331 e. The van der Waals surface area contributed by atoms with Crippen molar-refractivity contribution in [3.63, 3.8) is 0 Å². The first kappa shape index (κ1) is 13.9. The number of rotatable bonds is 2. The highest BCUT2D eigenvalue weighted by atomic mass is 79.9. The van der Waals surface area contributed by atoms with E-state index < -0.39 is 0 Å². The van der Waals surface area contributed by atoms with E-state index in [-0.39, 0.29) is 17.0 Å². The summed E-state index contributed by atoms with van der Waals surface area (Å²) >= 11 is 3.52. The number of amides is 1. The van der Waals surface area contributed by atoms with Gasteiger partial charge in [0.15, 0.2) is 5.65 Å². The molecule has 0 spiro atoms. The van der Waals surface area contributed by atoms with Crippen molar-refractivity contribution in [1.82, 2.24) is 24.6 Å². The Morgan fingerprint density at radius 2 is 2.18 bits per heavy atom. The number of hydrogen-bond donors (Lipinski definition) is 0. The molecule has 2 aromatic heterocycles. The lowest BCUT2D eigenvalue weighted by Crippen LogP contribution is -2.52. The van der Waals surface area contributed by atoms with Crippen LogP contribution in [0.1, 0.15) is 25.5 Å². The average molecular weight is 362 g/mol. The van der Waals surface area contributed by atoms with Gasteiger partial charge in [0.05, 0.1) is 16.6 Å². The lowest BCUT2D eigenvalue weighted by Gasteiger charge is -2.45. The van der Waals surface area contributed by atoms with E-state index in [0.717, 1.165) is 34.2 Å². The van der Waals surface area contributed by atoms with Crippen molar-refractivity contribution >= 4 is 32.9 Å². The maximum atomic E-state index is 12.1. The summed E-state index contributed by atoms with van der Waals surface area (Å²) in [6, 6.07) is 0. The van der Waals surface area contributed by atoms with Crippen LogP contribution in [-0.4, -0.2) is 42.6 Å². The molecule has 22 heavy (non-hydrogen) atoms. The van der Waals surface area contributed by atoms with Gasteiger partial charge in [0.2, 0.25) is 5.91 Å². The molecule has 6 nitrogen and oxygen atoms in total. The van der Waals surface area contributed by atoms with Crippen LogP contribution in [0.15, 0.2) is 23.6 Å². The van der Waals surface area contributed by atoms with E-state index in [9.17, 15) is 4.79 Å². The van der Waals surface area contributed by atoms with Crippen molar-refractivity contribution < 1.29 is 4.79 Å².